The number of carbonyl (C=O) groups is 2. The molecule has 2 saturated heterocycles. The normalized spacial score (nSPS) is 45.2. The van der Waals surface area contributed by atoms with Crippen molar-refractivity contribution in [1.82, 2.24) is 0 Å². The Morgan fingerprint density at radius 2 is 1.65 bits per heavy atom. The van der Waals surface area contributed by atoms with Gasteiger partial charge in [0.25, 0.3) is 0 Å². The predicted molar refractivity (Wildman–Crippen MR) is 99.4 cm³/mol. The van der Waals surface area contributed by atoms with Gasteiger partial charge in [-0.15, -0.1) is 0 Å². The van der Waals surface area contributed by atoms with Gasteiger partial charge in [-0.25, -0.2) is 0 Å². The summed E-state index contributed by atoms with van der Waals surface area (Å²) in [5.41, 5.74) is 0. The molecule has 0 bridgehead atoms. The molecular formula is C21H36O5. The van der Waals surface area contributed by atoms with E-state index in [4.69, 9.17) is 9.47 Å². The number of ether oxygens (including phenoxy) is 2. The fourth-order valence-electron chi connectivity index (χ4n) is 4.90. The summed E-state index contributed by atoms with van der Waals surface area (Å²) in [5.74, 6) is -2.51. The number of hydrogen-bond donors (Lipinski definition) is 1. The second-order valence-corrected chi connectivity index (χ2v) is 8.79. The predicted octanol–water partition coefficient (Wildman–Crippen LogP) is 3.23. The lowest BCUT2D eigenvalue weighted by atomic mass is 9.69. The maximum absolute atomic E-state index is 13.1. The lowest BCUT2D eigenvalue weighted by Crippen LogP contribution is -2.68. The number of Topliss-reactive ketones (excluding diaryl/α,β-unsaturated/α-hetero) is 2. The van der Waals surface area contributed by atoms with Gasteiger partial charge in [0.1, 0.15) is 11.6 Å². The summed E-state index contributed by atoms with van der Waals surface area (Å²) in [4.78, 5) is 25.4. The van der Waals surface area contributed by atoms with E-state index in [2.05, 4.69) is 13.8 Å². The first-order valence-corrected chi connectivity index (χ1v) is 10.1. The molecule has 0 aromatic heterocycles. The molecule has 9 atom stereocenters. The van der Waals surface area contributed by atoms with Crippen LogP contribution < -0.4 is 0 Å². The van der Waals surface area contributed by atoms with Gasteiger partial charge in [0, 0.05) is 30.1 Å². The molecule has 2 rings (SSSR count). The second kappa shape index (κ2) is 7.69. The highest BCUT2D eigenvalue weighted by Gasteiger charge is 2.61. The maximum Gasteiger partial charge on any atom is 0.183 e. The number of aliphatic hydroxyl groups is 1. The van der Waals surface area contributed by atoms with Crippen LogP contribution in [0.25, 0.3) is 0 Å². The third-order valence-electron chi connectivity index (χ3n) is 6.82. The molecule has 0 aromatic rings. The molecule has 1 N–H and O–H groups in total. The van der Waals surface area contributed by atoms with Crippen LogP contribution in [0.1, 0.15) is 61.8 Å². The zero-order valence-electron chi connectivity index (χ0n) is 17.5. The van der Waals surface area contributed by atoms with Crippen LogP contribution in [-0.4, -0.2) is 40.8 Å². The minimum Gasteiger partial charge on any atom is -0.392 e. The number of aliphatic hydroxyl groups excluding tert-OH is 1. The summed E-state index contributed by atoms with van der Waals surface area (Å²) in [5, 5.41) is 10.9. The van der Waals surface area contributed by atoms with Crippen LogP contribution in [0, 0.1) is 35.5 Å². The van der Waals surface area contributed by atoms with E-state index in [0.29, 0.717) is 6.42 Å². The van der Waals surface area contributed by atoms with Gasteiger partial charge in [-0.1, -0.05) is 55.4 Å². The first-order chi connectivity index (χ1) is 12.0. The fourth-order valence-corrected chi connectivity index (χ4v) is 4.90. The lowest BCUT2D eigenvalue weighted by Gasteiger charge is -2.57. The van der Waals surface area contributed by atoms with Crippen LogP contribution in [0.5, 0.6) is 0 Å². The molecule has 0 aromatic carbocycles. The molecule has 1 spiro atoms. The Kier molecular flexibility index (Phi) is 6.36. The van der Waals surface area contributed by atoms with Crippen molar-refractivity contribution in [1.29, 1.82) is 0 Å². The van der Waals surface area contributed by atoms with Crippen molar-refractivity contribution in [2.45, 2.75) is 85.9 Å². The standard InChI is InChI=1S/C21H36O5/c1-9-16(22)11(4)20-13(6)18(24)15(8)21(26-20)14(7)17(23)12(5)19(25-21)10(2)3/h10-15,17,19-20,23H,9H2,1-8H3/t11-,12-,13+,14+,15+,17+,19+,20-,21?/m0/s1. The SMILES string of the molecule is CCC(=O)[C@H](C)[C@@H]1OC2(O[C@H](C(C)C)[C@@H](C)[C@@H](O)[C@H]2C)[C@H](C)C(=O)[C@H]1C. The van der Waals surface area contributed by atoms with Gasteiger partial charge < -0.3 is 14.6 Å². The van der Waals surface area contributed by atoms with Crippen LogP contribution in [0.2, 0.25) is 0 Å². The van der Waals surface area contributed by atoms with Gasteiger partial charge in [-0.2, -0.15) is 0 Å². The molecule has 150 valence electrons. The van der Waals surface area contributed by atoms with Crippen LogP contribution in [0.4, 0.5) is 0 Å². The van der Waals surface area contributed by atoms with E-state index < -0.39 is 23.9 Å². The zero-order valence-corrected chi connectivity index (χ0v) is 17.5. The molecular weight excluding hydrogens is 332 g/mol. The van der Waals surface area contributed by atoms with Crippen LogP contribution >= 0.6 is 0 Å². The van der Waals surface area contributed by atoms with Gasteiger partial charge in [0.05, 0.1) is 24.2 Å². The minimum absolute atomic E-state index is 0.0472. The molecule has 0 amide bonds. The molecule has 1 unspecified atom stereocenters. The van der Waals surface area contributed by atoms with Crippen molar-refractivity contribution in [2.75, 3.05) is 0 Å². The van der Waals surface area contributed by atoms with Crippen molar-refractivity contribution in [3.63, 3.8) is 0 Å². The molecule has 2 aliphatic rings. The van der Waals surface area contributed by atoms with E-state index in [1.165, 1.54) is 0 Å². The summed E-state index contributed by atoms with van der Waals surface area (Å²) in [6.07, 6.45) is -0.947. The largest absolute Gasteiger partial charge is 0.392 e. The Morgan fingerprint density at radius 1 is 1.12 bits per heavy atom. The average Bonchev–Trinajstić information content (AvgIpc) is 2.61. The quantitative estimate of drug-likeness (QED) is 0.825. The van der Waals surface area contributed by atoms with E-state index in [0.717, 1.165) is 0 Å². The van der Waals surface area contributed by atoms with Crippen molar-refractivity contribution in [3.8, 4) is 0 Å². The van der Waals surface area contributed by atoms with Crippen molar-refractivity contribution in [3.05, 3.63) is 0 Å². The van der Waals surface area contributed by atoms with Gasteiger partial charge in [-0.3, -0.25) is 9.59 Å². The molecule has 2 aliphatic heterocycles. The zero-order chi connectivity index (χ0) is 20.0. The Bertz CT molecular complexity index is 541. The third kappa shape index (κ3) is 3.27. The van der Waals surface area contributed by atoms with Crippen molar-refractivity contribution in [2.24, 2.45) is 35.5 Å². The maximum atomic E-state index is 13.1. The molecule has 2 heterocycles. The highest BCUT2D eigenvalue weighted by molar-refractivity contribution is 5.87. The molecule has 0 aliphatic carbocycles. The third-order valence-corrected chi connectivity index (χ3v) is 6.82. The number of rotatable bonds is 4. The van der Waals surface area contributed by atoms with Crippen LogP contribution in [0.15, 0.2) is 0 Å². The first kappa shape index (κ1) is 21.5. The first-order valence-electron chi connectivity index (χ1n) is 10.1. The second-order valence-electron chi connectivity index (χ2n) is 8.79. The summed E-state index contributed by atoms with van der Waals surface area (Å²) in [6.45, 7) is 15.3. The summed E-state index contributed by atoms with van der Waals surface area (Å²) < 4.78 is 13.0. The number of hydrogen-bond acceptors (Lipinski definition) is 5. The molecule has 0 radical (unpaired) electrons. The highest BCUT2D eigenvalue weighted by Crippen LogP contribution is 2.50. The molecule has 26 heavy (non-hydrogen) atoms. The van der Waals surface area contributed by atoms with E-state index in [-0.39, 0.29) is 47.3 Å². The number of ketones is 2. The molecule has 5 nitrogen and oxygen atoms in total. The summed E-state index contributed by atoms with van der Waals surface area (Å²) in [7, 11) is 0. The Morgan fingerprint density at radius 3 is 2.15 bits per heavy atom. The summed E-state index contributed by atoms with van der Waals surface area (Å²) in [6, 6.07) is 0. The minimum atomic E-state index is -1.18. The van der Waals surface area contributed by atoms with Crippen LogP contribution in [0.3, 0.4) is 0 Å². The van der Waals surface area contributed by atoms with Gasteiger partial charge >= 0.3 is 0 Å². The monoisotopic (exact) mass is 368 g/mol. The Hall–Kier alpha value is -0.780. The Labute approximate surface area is 157 Å². The van der Waals surface area contributed by atoms with E-state index >= 15 is 0 Å². The highest BCUT2D eigenvalue weighted by atomic mass is 16.7. The van der Waals surface area contributed by atoms with Crippen molar-refractivity contribution >= 4 is 11.6 Å². The van der Waals surface area contributed by atoms with Gasteiger partial charge in [0.15, 0.2) is 5.79 Å². The lowest BCUT2D eigenvalue weighted by molar-refractivity contribution is -0.382. The van der Waals surface area contributed by atoms with E-state index in [1.807, 2.05) is 41.5 Å². The van der Waals surface area contributed by atoms with Gasteiger partial charge in [0.2, 0.25) is 0 Å². The molecule has 0 saturated carbocycles. The van der Waals surface area contributed by atoms with Crippen molar-refractivity contribution < 1.29 is 24.2 Å². The molecule has 5 heteroatoms. The van der Waals surface area contributed by atoms with Gasteiger partial charge in [-0.05, 0) is 5.92 Å². The topological polar surface area (TPSA) is 72.8 Å². The van der Waals surface area contributed by atoms with E-state index in [9.17, 15) is 14.7 Å². The van der Waals surface area contributed by atoms with E-state index in [1.54, 1.807) is 0 Å². The fraction of sp³-hybridized carbons (Fsp3) is 0.905. The van der Waals surface area contributed by atoms with Crippen LogP contribution in [-0.2, 0) is 19.1 Å². The average molecular weight is 369 g/mol. The summed E-state index contributed by atoms with van der Waals surface area (Å²) >= 11 is 0. The number of carbonyl (C=O) groups excluding carboxylic acids is 2. The molecule has 2 fully saturated rings. The smallest absolute Gasteiger partial charge is 0.183 e. The Balaban J connectivity index is 2.46.